The zero-order chi connectivity index (χ0) is 25.7. The Morgan fingerprint density at radius 2 is 1.64 bits per heavy atom. The van der Waals surface area contributed by atoms with Crippen LogP contribution in [0, 0.1) is 11.6 Å². The largest absolute Gasteiger partial charge is 0.416 e. The fourth-order valence-corrected chi connectivity index (χ4v) is 4.63. The summed E-state index contributed by atoms with van der Waals surface area (Å²) in [6.07, 6.45) is -0.263. The average molecular weight is 495 g/mol. The third-order valence-electron chi connectivity index (χ3n) is 6.29. The minimum Gasteiger partial charge on any atom is -0.273 e. The number of hydrogen-bond acceptors (Lipinski definition) is 3. The molecule has 0 fully saturated rings. The van der Waals surface area contributed by atoms with Crippen LogP contribution >= 0.6 is 0 Å². The van der Waals surface area contributed by atoms with Crippen molar-refractivity contribution in [1.82, 2.24) is 9.97 Å². The predicted octanol–water partition coefficient (Wildman–Crippen LogP) is 6.62. The molecule has 182 valence electrons. The number of halogens is 5. The molecule has 0 N–H and O–H groups in total. The van der Waals surface area contributed by atoms with Gasteiger partial charge in [-0.25, -0.2) is 13.8 Å². The number of fused-ring (bicyclic) bond motifs is 1. The molecule has 0 radical (unpaired) electrons. The molecule has 1 amide bonds. The van der Waals surface area contributed by atoms with Crippen LogP contribution in [0.1, 0.15) is 23.6 Å². The van der Waals surface area contributed by atoms with Gasteiger partial charge in [0, 0.05) is 18.5 Å². The summed E-state index contributed by atoms with van der Waals surface area (Å²) in [6, 6.07) is 12.9. The summed E-state index contributed by atoms with van der Waals surface area (Å²) in [4.78, 5) is 23.4. The SMILES string of the molecule is CC1(Cc2cc(F)cc(F)c2)C(=O)N(c2cnccn2)c2ccc(-c3cccc(C(F)(F)F)c3)cc21. The van der Waals surface area contributed by atoms with Crippen LogP contribution in [-0.4, -0.2) is 15.9 Å². The highest BCUT2D eigenvalue weighted by Crippen LogP contribution is 2.48. The second kappa shape index (κ2) is 8.51. The van der Waals surface area contributed by atoms with Gasteiger partial charge < -0.3 is 0 Å². The Morgan fingerprint density at radius 3 is 2.31 bits per heavy atom. The molecule has 1 aliphatic heterocycles. The van der Waals surface area contributed by atoms with E-state index in [4.69, 9.17) is 0 Å². The number of carbonyl (C=O) groups excluding carboxylic acids is 1. The number of amides is 1. The van der Waals surface area contributed by atoms with E-state index in [0.29, 0.717) is 22.4 Å². The van der Waals surface area contributed by atoms with Gasteiger partial charge in [-0.1, -0.05) is 18.2 Å². The highest BCUT2D eigenvalue weighted by molar-refractivity contribution is 6.12. The Balaban J connectivity index is 1.67. The Bertz CT molecular complexity index is 1450. The van der Waals surface area contributed by atoms with Crippen LogP contribution in [0.15, 0.2) is 79.3 Å². The molecular formula is C27H18F5N3O. The van der Waals surface area contributed by atoms with E-state index < -0.39 is 34.7 Å². The summed E-state index contributed by atoms with van der Waals surface area (Å²) >= 11 is 0. The van der Waals surface area contributed by atoms with Crippen molar-refractivity contribution in [3.63, 3.8) is 0 Å². The molecule has 5 rings (SSSR count). The van der Waals surface area contributed by atoms with Gasteiger partial charge in [-0.05, 0) is 72.0 Å². The van der Waals surface area contributed by atoms with Crippen molar-refractivity contribution in [3.05, 3.63) is 108 Å². The topological polar surface area (TPSA) is 46.1 Å². The number of hydrogen-bond donors (Lipinski definition) is 0. The van der Waals surface area contributed by atoms with Gasteiger partial charge in [0.25, 0.3) is 0 Å². The van der Waals surface area contributed by atoms with Crippen molar-refractivity contribution in [2.75, 3.05) is 4.90 Å². The van der Waals surface area contributed by atoms with Gasteiger partial charge >= 0.3 is 6.18 Å². The molecule has 1 aliphatic rings. The van der Waals surface area contributed by atoms with Crippen LogP contribution in [-0.2, 0) is 22.8 Å². The number of benzene rings is 3. The molecule has 3 aromatic carbocycles. The summed E-state index contributed by atoms with van der Waals surface area (Å²) in [5.41, 5.74) is -0.0728. The van der Waals surface area contributed by atoms with E-state index in [9.17, 15) is 26.7 Å². The lowest BCUT2D eigenvalue weighted by Gasteiger charge is -2.24. The molecule has 0 saturated carbocycles. The number of rotatable bonds is 4. The highest BCUT2D eigenvalue weighted by atomic mass is 19.4. The summed E-state index contributed by atoms with van der Waals surface area (Å²) in [7, 11) is 0. The minimum atomic E-state index is -4.51. The lowest BCUT2D eigenvalue weighted by Crippen LogP contribution is -2.38. The first-order chi connectivity index (χ1) is 17.1. The third kappa shape index (κ3) is 4.10. The molecule has 1 aromatic heterocycles. The van der Waals surface area contributed by atoms with Crippen LogP contribution in [0.3, 0.4) is 0 Å². The van der Waals surface area contributed by atoms with Crippen LogP contribution in [0.5, 0.6) is 0 Å². The fourth-order valence-electron chi connectivity index (χ4n) is 4.63. The van der Waals surface area contributed by atoms with Crippen molar-refractivity contribution in [1.29, 1.82) is 0 Å². The smallest absolute Gasteiger partial charge is 0.273 e. The van der Waals surface area contributed by atoms with Gasteiger partial charge in [0.15, 0.2) is 5.82 Å². The predicted molar refractivity (Wildman–Crippen MR) is 123 cm³/mol. The molecule has 2 heterocycles. The second-order valence-corrected chi connectivity index (χ2v) is 8.80. The standard InChI is InChI=1S/C27H18F5N3O/c1-26(14-16-9-20(28)13-21(29)10-16)22-12-18(17-3-2-4-19(11-17)27(30,31)32)5-6-23(22)35(25(26)36)24-15-33-7-8-34-24/h2-13,15H,14H2,1H3. The van der Waals surface area contributed by atoms with Gasteiger partial charge in [-0.2, -0.15) is 13.2 Å². The maximum Gasteiger partial charge on any atom is 0.416 e. The number of aromatic nitrogens is 2. The van der Waals surface area contributed by atoms with E-state index in [0.717, 1.165) is 30.3 Å². The second-order valence-electron chi connectivity index (χ2n) is 8.80. The normalized spacial score (nSPS) is 17.4. The van der Waals surface area contributed by atoms with E-state index in [2.05, 4.69) is 9.97 Å². The molecule has 9 heteroatoms. The first-order valence-corrected chi connectivity index (χ1v) is 10.9. The number of alkyl halides is 3. The minimum absolute atomic E-state index is 0.0453. The Labute approximate surface area is 203 Å². The summed E-state index contributed by atoms with van der Waals surface area (Å²) < 4.78 is 67.8. The molecule has 0 bridgehead atoms. The first-order valence-electron chi connectivity index (χ1n) is 10.9. The van der Waals surface area contributed by atoms with Gasteiger partial charge in [0.2, 0.25) is 5.91 Å². The van der Waals surface area contributed by atoms with Crippen LogP contribution in [0.2, 0.25) is 0 Å². The van der Waals surface area contributed by atoms with Crippen molar-refractivity contribution < 1.29 is 26.7 Å². The lowest BCUT2D eigenvalue weighted by atomic mass is 9.77. The van der Waals surface area contributed by atoms with Crippen molar-refractivity contribution in [2.24, 2.45) is 0 Å². The van der Waals surface area contributed by atoms with E-state index in [1.165, 1.54) is 29.6 Å². The Morgan fingerprint density at radius 1 is 0.917 bits per heavy atom. The molecule has 1 unspecified atom stereocenters. The highest BCUT2D eigenvalue weighted by Gasteiger charge is 2.48. The molecule has 4 nitrogen and oxygen atoms in total. The molecule has 1 atom stereocenters. The van der Waals surface area contributed by atoms with E-state index in [1.54, 1.807) is 31.2 Å². The summed E-state index contributed by atoms with van der Waals surface area (Å²) in [5, 5.41) is 0. The monoisotopic (exact) mass is 495 g/mol. The summed E-state index contributed by atoms with van der Waals surface area (Å²) in [5.74, 6) is -1.70. The maximum absolute atomic E-state index is 13.9. The van der Waals surface area contributed by atoms with Gasteiger partial charge in [-0.3, -0.25) is 14.7 Å². The molecular weight excluding hydrogens is 477 g/mol. The van der Waals surface area contributed by atoms with Crippen molar-refractivity contribution in [2.45, 2.75) is 24.9 Å². The van der Waals surface area contributed by atoms with Crippen molar-refractivity contribution >= 4 is 17.4 Å². The molecule has 4 aromatic rings. The Kier molecular flexibility index (Phi) is 5.58. The Hall–Kier alpha value is -4.14. The maximum atomic E-state index is 13.9. The summed E-state index contributed by atoms with van der Waals surface area (Å²) in [6.45, 7) is 1.64. The van der Waals surface area contributed by atoms with E-state index in [1.807, 2.05) is 0 Å². The molecule has 36 heavy (non-hydrogen) atoms. The third-order valence-corrected chi connectivity index (χ3v) is 6.29. The average Bonchev–Trinajstić information content (AvgIpc) is 3.04. The van der Waals surface area contributed by atoms with Gasteiger partial charge in [0.05, 0.1) is 22.9 Å². The molecule has 0 aliphatic carbocycles. The van der Waals surface area contributed by atoms with Gasteiger partial charge in [0.1, 0.15) is 11.6 Å². The first kappa shape index (κ1) is 23.6. The quantitative estimate of drug-likeness (QED) is 0.299. The van der Waals surface area contributed by atoms with Crippen LogP contribution in [0.25, 0.3) is 11.1 Å². The van der Waals surface area contributed by atoms with E-state index in [-0.39, 0.29) is 17.8 Å². The van der Waals surface area contributed by atoms with Crippen LogP contribution in [0.4, 0.5) is 33.5 Å². The molecule has 0 spiro atoms. The van der Waals surface area contributed by atoms with E-state index >= 15 is 0 Å². The van der Waals surface area contributed by atoms with Crippen molar-refractivity contribution in [3.8, 4) is 11.1 Å². The lowest BCUT2D eigenvalue weighted by molar-refractivity contribution is -0.137. The number of nitrogens with zero attached hydrogens (tertiary/aromatic N) is 3. The van der Waals surface area contributed by atoms with Gasteiger partial charge in [-0.15, -0.1) is 0 Å². The zero-order valence-corrected chi connectivity index (χ0v) is 18.9. The van der Waals surface area contributed by atoms with Crippen LogP contribution < -0.4 is 4.90 Å². The number of carbonyl (C=O) groups is 1. The fraction of sp³-hybridized carbons (Fsp3) is 0.148. The zero-order valence-electron chi connectivity index (χ0n) is 18.9. The number of anilines is 2. The molecule has 0 saturated heterocycles.